The minimum Gasteiger partial charge on any atom is -0.383 e. The molecule has 0 atom stereocenters. The van der Waals surface area contributed by atoms with Crippen molar-refractivity contribution in [1.82, 2.24) is 10.6 Å². The molecule has 0 bridgehead atoms. The van der Waals surface area contributed by atoms with Crippen molar-refractivity contribution in [2.45, 2.75) is 13.5 Å². The Morgan fingerprint density at radius 2 is 2.29 bits per heavy atom. The van der Waals surface area contributed by atoms with E-state index >= 15 is 0 Å². The Bertz CT molecular complexity index is 331. The third kappa shape index (κ3) is 6.63. The molecule has 1 aromatic rings. The summed E-state index contributed by atoms with van der Waals surface area (Å²) < 4.78 is 4.87. The van der Waals surface area contributed by atoms with Gasteiger partial charge in [0.15, 0.2) is 0 Å². The molecular weight excluding hydrogens is 260 g/mol. The van der Waals surface area contributed by atoms with Crippen LogP contribution in [0.5, 0.6) is 0 Å². The van der Waals surface area contributed by atoms with Crippen molar-refractivity contribution in [2.75, 3.05) is 26.8 Å². The highest BCUT2D eigenvalue weighted by molar-refractivity contribution is 7.10. The number of nitrogens with one attached hydrogen (secondary N) is 2. The molecule has 1 aromatic heterocycles. The van der Waals surface area contributed by atoms with Crippen LogP contribution in [0.1, 0.15) is 10.4 Å². The molecule has 0 aromatic carbocycles. The molecule has 4 nitrogen and oxygen atoms in total. The fourth-order valence-electron chi connectivity index (χ4n) is 1.20. The van der Waals surface area contributed by atoms with Gasteiger partial charge in [-0.2, -0.15) is 0 Å². The van der Waals surface area contributed by atoms with Gasteiger partial charge in [0.05, 0.1) is 19.7 Å². The number of carbonyl (C=O) groups is 1. The minimum atomic E-state index is 0. The van der Waals surface area contributed by atoms with Crippen LogP contribution in [0.25, 0.3) is 0 Å². The van der Waals surface area contributed by atoms with Crippen LogP contribution in [-0.2, 0) is 16.1 Å². The first-order valence-electron chi connectivity index (χ1n) is 5.23. The molecule has 17 heavy (non-hydrogen) atoms. The van der Waals surface area contributed by atoms with E-state index < -0.39 is 0 Å². The maximum Gasteiger partial charge on any atom is 0.234 e. The summed E-state index contributed by atoms with van der Waals surface area (Å²) >= 11 is 1.67. The number of methoxy groups -OCH3 is 1. The molecule has 0 aliphatic rings. The average molecular weight is 279 g/mol. The quantitative estimate of drug-likeness (QED) is 0.740. The lowest BCUT2D eigenvalue weighted by Crippen LogP contribution is -2.34. The van der Waals surface area contributed by atoms with Crippen LogP contribution >= 0.6 is 23.7 Å². The number of aryl methyl sites for hydroxylation is 1. The molecule has 1 amide bonds. The maximum atomic E-state index is 11.4. The second-order valence-corrected chi connectivity index (χ2v) is 4.47. The number of thiophene rings is 1. The van der Waals surface area contributed by atoms with Crippen molar-refractivity contribution in [3.05, 3.63) is 21.9 Å². The van der Waals surface area contributed by atoms with E-state index in [1.54, 1.807) is 18.4 Å². The highest BCUT2D eigenvalue weighted by Gasteiger charge is 2.03. The molecule has 0 fully saturated rings. The fraction of sp³-hybridized carbons (Fsp3) is 0.545. The normalized spacial score (nSPS) is 9.76. The van der Waals surface area contributed by atoms with Crippen LogP contribution in [-0.4, -0.2) is 32.7 Å². The topological polar surface area (TPSA) is 50.4 Å². The lowest BCUT2D eigenvalue weighted by atomic mass is 10.3. The van der Waals surface area contributed by atoms with Crippen LogP contribution < -0.4 is 10.6 Å². The van der Waals surface area contributed by atoms with Crippen LogP contribution in [0.3, 0.4) is 0 Å². The number of hydrogen-bond donors (Lipinski definition) is 2. The number of amides is 1. The lowest BCUT2D eigenvalue weighted by molar-refractivity contribution is -0.120. The second kappa shape index (κ2) is 9.41. The third-order valence-corrected chi connectivity index (χ3v) is 3.21. The van der Waals surface area contributed by atoms with Gasteiger partial charge >= 0.3 is 0 Å². The first kappa shape index (κ1) is 16.4. The van der Waals surface area contributed by atoms with Gasteiger partial charge in [0, 0.05) is 18.5 Å². The van der Waals surface area contributed by atoms with E-state index in [9.17, 15) is 4.79 Å². The first-order chi connectivity index (χ1) is 7.74. The van der Waals surface area contributed by atoms with Gasteiger partial charge in [-0.1, -0.05) is 0 Å². The number of hydrogen-bond acceptors (Lipinski definition) is 4. The maximum absolute atomic E-state index is 11.4. The number of halogens is 1. The minimum absolute atomic E-state index is 0. The van der Waals surface area contributed by atoms with Gasteiger partial charge in [-0.3, -0.25) is 4.79 Å². The van der Waals surface area contributed by atoms with Crippen LogP contribution in [0.2, 0.25) is 0 Å². The molecule has 0 unspecified atom stereocenters. The van der Waals surface area contributed by atoms with Crippen LogP contribution in [0.4, 0.5) is 0 Å². The summed E-state index contributed by atoms with van der Waals surface area (Å²) in [7, 11) is 1.64. The number of ether oxygens (including phenoxy) is 1. The van der Waals surface area contributed by atoms with E-state index in [1.165, 1.54) is 10.4 Å². The third-order valence-electron chi connectivity index (χ3n) is 2.18. The Morgan fingerprint density at radius 3 is 2.88 bits per heavy atom. The summed E-state index contributed by atoms with van der Waals surface area (Å²) in [5.74, 6) is 0.0175. The van der Waals surface area contributed by atoms with E-state index in [1.807, 2.05) is 5.38 Å². The second-order valence-electron chi connectivity index (χ2n) is 3.47. The van der Waals surface area contributed by atoms with Crippen molar-refractivity contribution in [3.63, 3.8) is 0 Å². The molecule has 2 N–H and O–H groups in total. The molecule has 1 rings (SSSR count). The van der Waals surface area contributed by atoms with E-state index in [0.29, 0.717) is 26.2 Å². The molecule has 1 heterocycles. The van der Waals surface area contributed by atoms with Gasteiger partial charge in [-0.15, -0.1) is 23.7 Å². The van der Waals surface area contributed by atoms with Crippen molar-refractivity contribution >= 4 is 29.7 Å². The van der Waals surface area contributed by atoms with E-state index in [4.69, 9.17) is 4.74 Å². The molecule has 0 saturated heterocycles. The number of rotatable bonds is 7. The van der Waals surface area contributed by atoms with Gasteiger partial charge in [-0.05, 0) is 23.9 Å². The largest absolute Gasteiger partial charge is 0.383 e. The van der Waals surface area contributed by atoms with Crippen LogP contribution in [0.15, 0.2) is 11.4 Å². The zero-order valence-electron chi connectivity index (χ0n) is 10.1. The standard InChI is InChI=1S/C11H18N2O2S.ClH/c1-9-3-6-16-10(9)7-13-11(14)8-12-4-5-15-2;/h3,6,12H,4-5,7-8H2,1-2H3,(H,13,14);1H. The smallest absolute Gasteiger partial charge is 0.234 e. The Hall–Kier alpha value is -0.620. The summed E-state index contributed by atoms with van der Waals surface area (Å²) in [6.07, 6.45) is 0. The first-order valence-corrected chi connectivity index (χ1v) is 6.11. The predicted octanol–water partition coefficient (Wildman–Crippen LogP) is 1.33. The molecule has 98 valence electrons. The van der Waals surface area contributed by atoms with Gasteiger partial charge in [-0.25, -0.2) is 0 Å². The monoisotopic (exact) mass is 278 g/mol. The highest BCUT2D eigenvalue weighted by atomic mass is 35.5. The molecule has 0 saturated carbocycles. The summed E-state index contributed by atoms with van der Waals surface area (Å²) in [4.78, 5) is 12.6. The average Bonchev–Trinajstić information content (AvgIpc) is 2.67. The van der Waals surface area contributed by atoms with Gasteiger partial charge in [0.2, 0.25) is 5.91 Å². The van der Waals surface area contributed by atoms with Gasteiger partial charge in [0.1, 0.15) is 0 Å². The lowest BCUT2D eigenvalue weighted by Gasteiger charge is -2.05. The Balaban J connectivity index is 0.00000256. The molecule has 0 radical (unpaired) electrons. The Morgan fingerprint density at radius 1 is 1.53 bits per heavy atom. The summed E-state index contributed by atoms with van der Waals surface area (Å²) in [5, 5.41) is 7.90. The molecule has 0 aliphatic heterocycles. The van der Waals surface area contributed by atoms with Gasteiger partial charge < -0.3 is 15.4 Å². The Kier molecular flexibility index (Phi) is 9.07. The molecule has 0 aliphatic carbocycles. The van der Waals surface area contributed by atoms with Crippen molar-refractivity contribution in [1.29, 1.82) is 0 Å². The summed E-state index contributed by atoms with van der Waals surface area (Å²) in [6.45, 7) is 4.33. The Labute approximate surface area is 112 Å². The number of carbonyl (C=O) groups excluding carboxylic acids is 1. The zero-order chi connectivity index (χ0) is 11.8. The summed E-state index contributed by atoms with van der Waals surface area (Å²) in [6, 6.07) is 2.06. The molecule has 6 heteroatoms. The highest BCUT2D eigenvalue weighted by Crippen LogP contribution is 2.14. The molecule has 0 spiro atoms. The van der Waals surface area contributed by atoms with E-state index in [0.717, 1.165) is 0 Å². The predicted molar refractivity (Wildman–Crippen MR) is 72.9 cm³/mol. The van der Waals surface area contributed by atoms with Crippen molar-refractivity contribution < 1.29 is 9.53 Å². The van der Waals surface area contributed by atoms with Gasteiger partial charge in [0.25, 0.3) is 0 Å². The van der Waals surface area contributed by atoms with Crippen molar-refractivity contribution in [2.24, 2.45) is 0 Å². The van der Waals surface area contributed by atoms with Crippen LogP contribution in [0, 0.1) is 6.92 Å². The van der Waals surface area contributed by atoms with E-state index in [2.05, 4.69) is 23.6 Å². The fourth-order valence-corrected chi connectivity index (χ4v) is 2.05. The zero-order valence-corrected chi connectivity index (χ0v) is 11.7. The SMILES string of the molecule is COCCNCC(=O)NCc1sccc1C.Cl. The molecular formula is C11H19ClN2O2S. The van der Waals surface area contributed by atoms with Crippen molar-refractivity contribution in [3.8, 4) is 0 Å². The summed E-state index contributed by atoms with van der Waals surface area (Å²) in [5.41, 5.74) is 1.23. The van der Waals surface area contributed by atoms with E-state index in [-0.39, 0.29) is 18.3 Å².